The van der Waals surface area contributed by atoms with Crippen LogP contribution in [0.1, 0.15) is 22.8 Å². The van der Waals surface area contributed by atoms with Gasteiger partial charge in [0.2, 0.25) is 6.79 Å². The second-order valence-corrected chi connectivity index (χ2v) is 5.89. The third-order valence-corrected chi connectivity index (χ3v) is 3.93. The van der Waals surface area contributed by atoms with E-state index in [0.717, 1.165) is 5.56 Å². The molecule has 1 aliphatic rings. The number of nitrogens with one attached hydrogen (secondary N) is 2. The Kier molecular flexibility index (Phi) is 6.51. The first-order valence-corrected chi connectivity index (χ1v) is 8.91. The average Bonchev–Trinajstić information content (AvgIpc) is 3.21. The number of hydrazone groups is 1. The minimum atomic E-state index is -0.465. The van der Waals surface area contributed by atoms with Gasteiger partial charge in [0.15, 0.2) is 23.0 Å². The highest BCUT2D eigenvalue weighted by atomic mass is 16.7. The van der Waals surface area contributed by atoms with Crippen LogP contribution in [0, 0.1) is 0 Å². The second-order valence-electron chi connectivity index (χ2n) is 5.89. The zero-order chi connectivity index (χ0) is 20.6. The quantitative estimate of drug-likeness (QED) is 0.517. The van der Waals surface area contributed by atoms with Crippen LogP contribution < -0.4 is 29.7 Å². The van der Waals surface area contributed by atoms with Crippen LogP contribution >= 0.6 is 0 Å². The number of hydrogen-bond donors (Lipinski definition) is 2. The summed E-state index contributed by atoms with van der Waals surface area (Å²) >= 11 is 0. The van der Waals surface area contributed by atoms with Crippen LogP contribution in [-0.4, -0.2) is 45.1 Å². The molecule has 29 heavy (non-hydrogen) atoms. The molecule has 1 heterocycles. The molecule has 0 aromatic heterocycles. The van der Waals surface area contributed by atoms with Gasteiger partial charge in [-0.15, -0.1) is 0 Å². The number of fused-ring (bicyclic) bond motifs is 1. The predicted octanol–water partition coefficient (Wildman–Crippen LogP) is 1.70. The maximum Gasteiger partial charge on any atom is 0.259 e. The standard InChI is InChI=1S/C20H21N3O6/c1-3-27-15-6-4-13(8-17(15)26-2)10-22-23-19(24)11-21-20(25)14-5-7-16-18(9-14)29-12-28-16/h4-10H,3,11-12H2,1-2H3,(H,21,25)(H,23,24)/b22-10-. The van der Waals surface area contributed by atoms with Crippen molar-refractivity contribution in [2.45, 2.75) is 6.92 Å². The van der Waals surface area contributed by atoms with Crippen LogP contribution in [0.2, 0.25) is 0 Å². The van der Waals surface area contributed by atoms with Gasteiger partial charge in [-0.25, -0.2) is 5.43 Å². The molecule has 152 valence electrons. The summed E-state index contributed by atoms with van der Waals surface area (Å²) in [6, 6.07) is 10.1. The molecule has 2 aromatic rings. The fourth-order valence-corrected chi connectivity index (χ4v) is 2.56. The first-order chi connectivity index (χ1) is 14.1. The summed E-state index contributed by atoms with van der Waals surface area (Å²) in [6.45, 7) is 2.31. The Morgan fingerprint density at radius 3 is 2.76 bits per heavy atom. The number of benzene rings is 2. The predicted molar refractivity (Wildman–Crippen MR) is 105 cm³/mol. The summed E-state index contributed by atoms with van der Waals surface area (Å²) in [6.07, 6.45) is 1.47. The summed E-state index contributed by atoms with van der Waals surface area (Å²) in [5, 5.41) is 6.40. The van der Waals surface area contributed by atoms with Gasteiger partial charge in [-0.05, 0) is 48.9 Å². The number of rotatable bonds is 8. The number of ether oxygens (including phenoxy) is 4. The monoisotopic (exact) mass is 399 g/mol. The number of carbonyl (C=O) groups excluding carboxylic acids is 2. The van der Waals surface area contributed by atoms with Crippen molar-refractivity contribution >= 4 is 18.0 Å². The lowest BCUT2D eigenvalue weighted by atomic mass is 10.2. The van der Waals surface area contributed by atoms with Gasteiger partial charge >= 0.3 is 0 Å². The highest BCUT2D eigenvalue weighted by Crippen LogP contribution is 2.32. The maximum absolute atomic E-state index is 12.1. The molecule has 2 aromatic carbocycles. The van der Waals surface area contributed by atoms with E-state index in [4.69, 9.17) is 18.9 Å². The fraction of sp³-hybridized carbons (Fsp3) is 0.250. The largest absolute Gasteiger partial charge is 0.493 e. The fourth-order valence-electron chi connectivity index (χ4n) is 2.56. The number of methoxy groups -OCH3 is 1. The van der Waals surface area contributed by atoms with E-state index in [2.05, 4.69) is 15.8 Å². The summed E-state index contributed by atoms with van der Waals surface area (Å²) in [5.74, 6) is 1.41. The van der Waals surface area contributed by atoms with E-state index in [-0.39, 0.29) is 13.3 Å². The Hall–Kier alpha value is -3.75. The molecule has 0 radical (unpaired) electrons. The van der Waals surface area contributed by atoms with Gasteiger partial charge in [-0.2, -0.15) is 5.10 Å². The van der Waals surface area contributed by atoms with Crippen molar-refractivity contribution in [3.63, 3.8) is 0 Å². The van der Waals surface area contributed by atoms with Crippen LogP contribution in [0.4, 0.5) is 0 Å². The van der Waals surface area contributed by atoms with E-state index in [1.807, 2.05) is 6.92 Å². The van der Waals surface area contributed by atoms with Gasteiger partial charge in [0, 0.05) is 5.56 Å². The highest BCUT2D eigenvalue weighted by molar-refractivity contribution is 5.97. The molecule has 3 rings (SSSR count). The highest BCUT2D eigenvalue weighted by Gasteiger charge is 2.16. The van der Waals surface area contributed by atoms with E-state index < -0.39 is 11.8 Å². The summed E-state index contributed by atoms with van der Waals surface area (Å²) in [5.41, 5.74) is 3.44. The molecular formula is C20H21N3O6. The first kappa shape index (κ1) is 20.0. The molecular weight excluding hydrogens is 378 g/mol. The molecule has 1 aliphatic heterocycles. The molecule has 2 amide bonds. The number of amides is 2. The second kappa shape index (κ2) is 9.45. The van der Waals surface area contributed by atoms with Crippen molar-refractivity contribution in [1.82, 2.24) is 10.7 Å². The summed E-state index contributed by atoms with van der Waals surface area (Å²) < 4.78 is 21.1. The van der Waals surface area contributed by atoms with Crippen molar-refractivity contribution in [3.05, 3.63) is 47.5 Å². The third kappa shape index (κ3) is 5.16. The van der Waals surface area contributed by atoms with Gasteiger partial charge in [-0.1, -0.05) is 0 Å². The van der Waals surface area contributed by atoms with Crippen molar-refractivity contribution in [1.29, 1.82) is 0 Å². The van der Waals surface area contributed by atoms with E-state index >= 15 is 0 Å². The Morgan fingerprint density at radius 1 is 1.14 bits per heavy atom. The Morgan fingerprint density at radius 2 is 1.97 bits per heavy atom. The van der Waals surface area contributed by atoms with Crippen molar-refractivity contribution in [3.8, 4) is 23.0 Å². The number of nitrogens with zero attached hydrogens (tertiary/aromatic N) is 1. The topological polar surface area (TPSA) is 107 Å². The Labute approximate surface area is 167 Å². The normalized spacial score (nSPS) is 11.9. The van der Waals surface area contributed by atoms with Gasteiger partial charge in [0.25, 0.3) is 11.8 Å². The van der Waals surface area contributed by atoms with Crippen LogP contribution in [0.5, 0.6) is 23.0 Å². The van der Waals surface area contributed by atoms with Crippen molar-refractivity contribution in [2.24, 2.45) is 5.10 Å². The van der Waals surface area contributed by atoms with E-state index in [0.29, 0.717) is 35.2 Å². The van der Waals surface area contributed by atoms with Crippen molar-refractivity contribution in [2.75, 3.05) is 27.1 Å². The van der Waals surface area contributed by atoms with Gasteiger partial charge in [0.05, 0.1) is 26.5 Å². The summed E-state index contributed by atoms with van der Waals surface area (Å²) in [7, 11) is 1.55. The van der Waals surface area contributed by atoms with Gasteiger partial charge < -0.3 is 24.3 Å². The van der Waals surface area contributed by atoms with Crippen LogP contribution in [0.3, 0.4) is 0 Å². The smallest absolute Gasteiger partial charge is 0.259 e. The van der Waals surface area contributed by atoms with Crippen molar-refractivity contribution < 1.29 is 28.5 Å². The zero-order valence-electron chi connectivity index (χ0n) is 16.1. The van der Waals surface area contributed by atoms with Crippen LogP contribution in [-0.2, 0) is 4.79 Å². The molecule has 9 nitrogen and oxygen atoms in total. The SMILES string of the molecule is CCOc1ccc(/C=N\NC(=O)CNC(=O)c2ccc3c(c2)OCO3)cc1OC. The van der Waals surface area contributed by atoms with Crippen LogP contribution in [0.25, 0.3) is 0 Å². The number of carbonyl (C=O) groups is 2. The Balaban J connectivity index is 1.49. The van der Waals surface area contributed by atoms with Gasteiger partial charge in [-0.3, -0.25) is 9.59 Å². The molecule has 0 atom stereocenters. The van der Waals surface area contributed by atoms with Gasteiger partial charge in [0.1, 0.15) is 0 Å². The molecule has 0 fully saturated rings. The molecule has 0 aliphatic carbocycles. The van der Waals surface area contributed by atoms with Crippen LogP contribution in [0.15, 0.2) is 41.5 Å². The maximum atomic E-state index is 12.1. The first-order valence-electron chi connectivity index (χ1n) is 8.91. The minimum absolute atomic E-state index is 0.126. The Bertz CT molecular complexity index is 928. The lowest BCUT2D eigenvalue weighted by Crippen LogP contribution is -2.34. The number of hydrogen-bond acceptors (Lipinski definition) is 7. The molecule has 0 unspecified atom stereocenters. The minimum Gasteiger partial charge on any atom is -0.493 e. The van der Waals surface area contributed by atoms with E-state index in [1.54, 1.807) is 43.5 Å². The summed E-state index contributed by atoms with van der Waals surface area (Å²) in [4.78, 5) is 24.0. The lowest BCUT2D eigenvalue weighted by Gasteiger charge is -2.09. The molecule has 9 heteroatoms. The third-order valence-electron chi connectivity index (χ3n) is 3.93. The molecule has 0 saturated carbocycles. The average molecular weight is 399 g/mol. The lowest BCUT2D eigenvalue weighted by molar-refractivity contribution is -0.120. The molecule has 2 N–H and O–H groups in total. The molecule has 0 bridgehead atoms. The molecule has 0 saturated heterocycles. The van der Waals surface area contributed by atoms with E-state index in [9.17, 15) is 9.59 Å². The molecule has 0 spiro atoms. The van der Waals surface area contributed by atoms with E-state index in [1.165, 1.54) is 6.21 Å². The zero-order valence-corrected chi connectivity index (χ0v) is 16.1.